The maximum atomic E-state index is 15.2. The van der Waals surface area contributed by atoms with Crippen molar-refractivity contribution in [3.8, 4) is 17.2 Å². The van der Waals surface area contributed by atoms with Gasteiger partial charge in [0.25, 0.3) is 15.9 Å². The van der Waals surface area contributed by atoms with E-state index in [0.29, 0.717) is 36.4 Å². The summed E-state index contributed by atoms with van der Waals surface area (Å²) in [4.78, 5) is 31.7. The van der Waals surface area contributed by atoms with E-state index in [1.54, 1.807) is 43.3 Å². The number of likely N-dealkylation sites (N-methyl/N-ethyl adjacent to an activating group) is 1. The number of halogens is 2. The maximum absolute atomic E-state index is 15.2. The number of hydrogen-bond donors (Lipinski definition) is 0. The Morgan fingerprint density at radius 1 is 0.930 bits per heavy atom. The predicted molar refractivity (Wildman–Crippen MR) is 163 cm³/mol. The Kier molecular flexibility index (Phi) is 8.30. The molecule has 2 amide bonds. The fraction of sp³-hybridized carbons (Fsp3) is 0.333. The van der Waals surface area contributed by atoms with Crippen molar-refractivity contribution in [2.24, 2.45) is 0 Å². The Morgan fingerprint density at radius 2 is 1.60 bits per heavy atom. The summed E-state index contributed by atoms with van der Waals surface area (Å²) in [5.74, 6) is -0.382. The molecule has 0 N–H and O–H groups in total. The zero-order valence-electron chi connectivity index (χ0n) is 24.3. The fourth-order valence-corrected chi connectivity index (χ4v) is 7.96. The van der Waals surface area contributed by atoms with Crippen molar-refractivity contribution < 1.29 is 32.2 Å². The van der Waals surface area contributed by atoms with Crippen molar-refractivity contribution >= 4 is 50.7 Å². The van der Waals surface area contributed by atoms with E-state index in [0.717, 1.165) is 4.31 Å². The molecule has 0 spiro atoms. The van der Waals surface area contributed by atoms with Gasteiger partial charge in [0.05, 0.1) is 43.1 Å². The topological polar surface area (TPSA) is 106 Å². The van der Waals surface area contributed by atoms with Gasteiger partial charge in [-0.1, -0.05) is 41.4 Å². The maximum Gasteiger partial charge on any atom is 0.274 e. The van der Waals surface area contributed by atoms with Crippen LogP contribution in [-0.2, 0) is 25.2 Å². The van der Waals surface area contributed by atoms with Gasteiger partial charge < -0.3 is 19.1 Å². The molecule has 0 bridgehead atoms. The number of sulfonamides is 1. The van der Waals surface area contributed by atoms with Crippen LogP contribution in [0, 0.1) is 0 Å². The highest BCUT2D eigenvalue weighted by Crippen LogP contribution is 2.56. The van der Waals surface area contributed by atoms with Crippen LogP contribution in [0.4, 0.5) is 5.69 Å². The third-order valence-corrected chi connectivity index (χ3v) is 10.4. The highest BCUT2D eigenvalue weighted by molar-refractivity contribution is 7.93. The first-order valence-corrected chi connectivity index (χ1v) is 15.6. The van der Waals surface area contributed by atoms with Crippen LogP contribution in [0.25, 0.3) is 0 Å². The third kappa shape index (κ3) is 4.69. The molecule has 2 heterocycles. The number of rotatable bonds is 8. The van der Waals surface area contributed by atoms with E-state index in [4.69, 9.17) is 37.4 Å². The minimum absolute atomic E-state index is 0.00568. The van der Waals surface area contributed by atoms with Gasteiger partial charge in [-0.05, 0) is 43.2 Å². The number of nitrogens with zero attached hydrogens (tertiary/aromatic N) is 3. The summed E-state index contributed by atoms with van der Waals surface area (Å²) < 4.78 is 46.3. The molecule has 2 aliphatic rings. The van der Waals surface area contributed by atoms with E-state index in [1.807, 2.05) is 0 Å². The number of methoxy groups -OCH3 is 3. The molecule has 2 unspecified atom stereocenters. The summed E-state index contributed by atoms with van der Waals surface area (Å²) >= 11 is 13.0. The highest BCUT2D eigenvalue weighted by Gasteiger charge is 2.63. The number of carbonyl (C=O) groups is 2. The summed E-state index contributed by atoms with van der Waals surface area (Å²) in [6, 6.07) is 13.2. The van der Waals surface area contributed by atoms with E-state index in [-0.39, 0.29) is 37.8 Å². The first-order valence-electron chi connectivity index (χ1n) is 13.4. The first kappa shape index (κ1) is 30.9. The molecule has 13 heteroatoms. The Labute approximate surface area is 260 Å². The lowest BCUT2D eigenvalue weighted by atomic mass is 9.80. The van der Waals surface area contributed by atoms with Gasteiger partial charge in [0.15, 0.2) is 5.54 Å². The van der Waals surface area contributed by atoms with E-state index in [2.05, 4.69) is 0 Å². The Morgan fingerprint density at radius 3 is 2.26 bits per heavy atom. The minimum atomic E-state index is -4.64. The van der Waals surface area contributed by atoms with Crippen molar-refractivity contribution in [3.05, 3.63) is 75.8 Å². The molecular weight excluding hydrogens is 617 g/mol. The zero-order chi connectivity index (χ0) is 31.3. The van der Waals surface area contributed by atoms with Crippen LogP contribution in [0.15, 0.2) is 59.5 Å². The van der Waals surface area contributed by atoms with Crippen LogP contribution in [-0.4, -0.2) is 78.0 Å². The lowest BCUT2D eigenvalue weighted by Crippen LogP contribution is -2.59. The van der Waals surface area contributed by atoms with Gasteiger partial charge in [0.2, 0.25) is 5.91 Å². The van der Waals surface area contributed by atoms with Gasteiger partial charge in [-0.2, -0.15) is 0 Å². The number of anilines is 1. The third-order valence-electron chi connectivity index (χ3n) is 7.94. The molecule has 1 saturated heterocycles. The van der Waals surface area contributed by atoms with Gasteiger partial charge in [-0.3, -0.25) is 14.5 Å². The molecule has 1 fully saturated rings. The molecule has 5 rings (SSSR count). The van der Waals surface area contributed by atoms with E-state index in [9.17, 15) is 13.2 Å². The number of ether oxygens (including phenoxy) is 3. The molecule has 0 radical (unpaired) electrons. The van der Waals surface area contributed by atoms with Gasteiger partial charge in [-0.25, -0.2) is 12.7 Å². The van der Waals surface area contributed by atoms with Crippen LogP contribution in [0.3, 0.4) is 0 Å². The summed E-state index contributed by atoms with van der Waals surface area (Å²) in [6.07, 6.45) is 1.04. The predicted octanol–water partition coefficient (Wildman–Crippen LogP) is 4.55. The van der Waals surface area contributed by atoms with Crippen LogP contribution in [0.5, 0.6) is 17.2 Å². The normalized spacial score (nSPS) is 20.2. The van der Waals surface area contributed by atoms with E-state index >= 15 is 4.79 Å². The minimum Gasteiger partial charge on any atom is -0.497 e. The number of amides is 2. The number of fused-ring (bicyclic) bond motifs is 1. The molecule has 0 aliphatic carbocycles. The van der Waals surface area contributed by atoms with Crippen LogP contribution in [0.2, 0.25) is 10.0 Å². The summed E-state index contributed by atoms with van der Waals surface area (Å²) in [5, 5.41) is 0.164. The molecule has 10 nitrogen and oxygen atoms in total. The largest absolute Gasteiger partial charge is 0.497 e. The molecule has 228 valence electrons. The lowest BCUT2D eigenvalue weighted by molar-refractivity contribution is -0.138. The first-order chi connectivity index (χ1) is 20.4. The molecule has 43 heavy (non-hydrogen) atoms. The SMILES string of the molecule is COc1ccc(S(=O)(=O)N2C(=O)C(c3ccccc3OC)(N3CCCC3C(=O)N(C)C)c3cc(Cl)c(Cl)cc32)c(OC)c1. The second-order valence-electron chi connectivity index (χ2n) is 10.4. The molecule has 3 aromatic carbocycles. The van der Waals surface area contributed by atoms with Crippen molar-refractivity contribution in [2.45, 2.75) is 29.3 Å². The fourth-order valence-electron chi connectivity index (χ4n) is 6.05. The molecule has 3 aromatic rings. The van der Waals surface area contributed by atoms with Crippen molar-refractivity contribution in [1.29, 1.82) is 0 Å². The molecule has 2 aliphatic heterocycles. The molecular formula is C30H31Cl2N3O7S. The van der Waals surface area contributed by atoms with Gasteiger partial charge in [-0.15, -0.1) is 0 Å². The second kappa shape index (κ2) is 11.5. The van der Waals surface area contributed by atoms with Crippen molar-refractivity contribution in [2.75, 3.05) is 46.3 Å². The number of likely N-dealkylation sites (tertiary alicyclic amines) is 1. The monoisotopic (exact) mass is 647 g/mol. The average molecular weight is 649 g/mol. The summed E-state index contributed by atoms with van der Waals surface area (Å²) in [5.41, 5.74) is -1.20. The van der Waals surface area contributed by atoms with Crippen LogP contribution < -0.4 is 18.5 Å². The van der Waals surface area contributed by atoms with Gasteiger partial charge in [0.1, 0.15) is 22.1 Å². The van der Waals surface area contributed by atoms with Gasteiger partial charge >= 0.3 is 0 Å². The van der Waals surface area contributed by atoms with E-state index in [1.165, 1.54) is 56.6 Å². The van der Waals surface area contributed by atoms with Crippen molar-refractivity contribution in [3.63, 3.8) is 0 Å². The van der Waals surface area contributed by atoms with Gasteiger partial charge in [0, 0.05) is 37.8 Å². The number of para-hydroxylation sites is 1. The zero-order valence-corrected chi connectivity index (χ0v) is 26.6. The Balaban J connectivity index is 1.88. The summed E-state index contributed by atoms with van der Waals surface area (Å²) in [7, 11) is 2.87. The Bertz CT molecular complexity index is 1720. The Hall–Kier alpha value is -3.51. The molecule has 0 saturated carbocycles. The summed E-state index contributed by atoms with van der Waals surface area (Å²) in [6.45, 7) is 0.313. The number of benzene rings is 3. The van der Waals surface area contributed by atoms with Crippen molar-refractivity contribution in [1.82, 2.24) is 9.80 Å². The smallest absolute Gasteiger partial charge is 0.274 e. The lowest BCUT2D eigenvalue weighted by Gasteiger charge is -2.42. The highest BCUT2D eigenvalue weighted by atomic mass is 35.5. The number of carbonyl (C=O) groups excluding carboxylic acids is 2. The standard InChI is InChI=1S/C30H31Cl2N3O7S/c1-33(2)28(36)23-10-8-14-34(23)30(19-9-6-7-11-25(19)41-4)20-16-21(31)22(32)17-24(20)35(29(30)37)43(38,39)27-13-12-18(40-3)15-26(27)42-5/h6-7,9,11-13,15-17,23H,8,10,14H2,1-5H3. The van der Waals surface area contributed by atoms with E-state index < -0.39 is 27.5 Å². The quantitative estimate of drug-likeness (QED) is 0.351. The van der Waals surface area contributed by atoms with Crippen LogP contribution in [0.1, 0.15) is 24.0 Å². The molecule has 2 atom stereocenters. The second-order valence-corrected chi connectivity index (χ2v) is 12.9. The number of hydrogen-bond acceptors (Lipinski definition) is 8. The van der Waals surface area contributed by atoms with Crippen LogP contribution >= 0.6 is 23.2 Å². The average Bonchev–Trinajstić information content (AvgIpc) is 3.57. The molecule has 0 aromatic heterocycles.